The Bertz CT molecular complexity index is 686. The van der Waals surface area contributed by atoms with Gasteiger partial charge in [0.2, 0.25) is 0 Å². The fourth-order valence-electron chi connectivity index (χ4n) is 1.62. The van der Waals surface area contributed by atoms with Crippen LogP contribution in [-0.4, -0.2) is 5.11 Å². The van der Waals surface area contributed by atoms with Crippen molar-refractivity contribution in [1.82, 2.24) is 0 Å². The fourth-order valence-corrected chi connectivity index (χ4v) is 2.00. The second-order valence-electron chi connectivity index (χ2n) is 4.28. The van der Waals surface area contributed by atoms with Gasteiger partial charge in [-0.15, -0.1) is 0 Å². The molecule has 0 bridgehead atoms. The lowest BCUT2D eigenvalue weighted by Gasteiger charge is -2.12. The zero-order chi connectivity index (χ0) is 16.3. The van der Waals surface area contributed by atoms with E-state index < -0.39 is 17.6 Å². The van der Waals surface area contributed by atoms with Gasteiger partial charge in [-0.05, 0) is 54.7 Å². The van der Waals surface area contributed by atoms with Gasteiger partial charge in [-0.2, -0.15) is 13.2 Å². The van der Waals surface area contributed by atoms with E-state index in [1.54, 1.807) is 0 Å². The molecule has 0 spiro atoms. The average molecular weight is 349 g/mol. The Morgan fingerprint density at radius 3 is 2.18 bits per heavy atom. The molecule has 2 aromatic rings. The summed E-state index contributed by atoms with van der Waals surface area (Å²) in [5.41, 5.74) is -0.311. The molecule has 0 aliphatic rings. The van der Waals surface area contributed by atoms with Gasteiger partial charge in [-0.25, -0.2) is 4.39 Å². The molecule has 0 unspecified atom stereocenters. The van der Waals surface area contributed by atoms with Crippen molar-refractivity contribution in [3.8, 4) is 0 Å². The van der Waals surface area contributed by atoms with Crippen LogP contribution < -0.4 is 10.6 Å². The maximum Gasteiger partial charge on any atom is 0.416 e. The van der Waals surface area contributed by atoms with E-state index >= 15 is 0 Å². The molecule has 0 amide bonds. The third-order valence-corrected chi connectivity index (χ3v) is 3.09. The first-order chi connectivity index (χ1) is 10.3. The van der Waals surface area contributed by atoms with Gasteiger partial charge < -0.3 is 10.6 Å². The first kappa shape index (κ1) is 16.5. The second kappa shape index (κ2) is 6.50. The molecule has 0 atom stereocenters. The molecule has 2 rings (SSSR count). The molecule has 0 radical (unpaired) electrons. The monoisotopic (exact) mass is 348 g/mol. The Labute approximate surface area is 134 Å². The highest BCUT2D eigenvalue weighted by atomic mass is 35.5. The van der Waals surface area contributed by atoms with Crippen LogP contribution in [0.5, 0.6) is 0 Å². The molecule has 2 aromatic carbocycles. The van der Waals surface area contributed by atoms with Crippen LogP contribution >= 0.6 is 23.8 Å². The van der Waals surface area contributed by atoms with Crippen LogP contribution in [0.1, 0.15) is 5.56 Å². The van der Waals surface area contributed by atoms with E-state index in [1.165, 1.54) is 24.3 Å². The molecular formula is C14H9ClF4N2S. The summed E-state index contributed by atoms with van der Waals surface area (Å²) in [6, 6.07) is 8.31. The standard InChI is InChI=1S/C14H9ClF4N2S/c15-9-3-6-12(11(16)7-9)21-13(22)20-10-4-1-8(2-5-10)14(17,18)19/h1-7H,(H2,20,21,22). The zero-order valence-corrected chi connectivity index (χ0v) is 12.4. The third-order valence-electron chi connectivity index (χ3n) is 2.65. The van der Waals surface area contributed by atoms with Gasteiger partial charge >= 0.3 is 6.18 Å². The molecule has 2 N–H and O–H groups in total. The molecule has 0 aromatic heterocycles. The summed E-state index contributed by atoms with van der Waals surface area (Å²) in [7, 11) is 0. The van der Waals surface area contributed by atoms with Crippen molar-refractivity contribution in [1.29, 1.82) is 0 Å². The number of hydrogen-bond donors (Lipinski definition) is 2. The smallest absolute Gasteiger partial charge is 0.332 e. The van der Waals surface area contributed by atoms with E-state index in [4.69, 9.17) is 23.8 Å². The molecule has 8 heteroatoms. The van der Waals surface area contributed by atoms with Crippen molar-refractivity contribution in [3.63, 3.8) is 0 Å². The van der Waals surface area contributed by atoms with Crippen molar-refractivity contribution in [2.24, 2.45) is 0 Å². The van der Waals surface area contributed by atoms with Gasteiger partial charge in [0.15, 0.2) is 5.11 Å². The molecular weight excluding hydrogens is 340 g/mol. The summed E-state index contributed by atoms with van der Waals surface area (Å²) in [6.07, 6.45) is -4.40. The van der Waals surface area contributed by atoms with Gasteiger partial charge in [-0.3, -0.25) is 0 Å². The van der Waals surface area contributed by atoms with Gasteiger partial charge in [0, 0.05) is 10.7 Å². The molecule has 2 nitrogen and oxygen atoms in total. The van der Waals surface area contributed by atoms with Gasteiger partial charge in [0.25, 0.3) is 0 Å². The fraction of sp³-hybridized carbons (Fsp3) is 0.0714. The summed E-state index contributed by atoms with van der Waals surface area (Å²) < 4.78 is 50.9. The van der Waals surface area contributed by atoms with Crippen LogP contribution in [0.2, 0.25) is 5.02 Å². The van der Waals surface area contributed by atoms with Crippen molar-refractivity contribution in [2.45, 2.75) is 6.18 Å². The van der Waals surface area contributed by atoms with Gasteiger partial charge in [0.1, 0.15) is 5.82 Å². The number of benzene rings is 2. The van der Waals surface area contributed by atoms with Crippen molar-refractivity contribution >= 4 is 40.3 Å². The van der Waals surface area contributed by atoms with E-state index in [-0.39, 0.29) is 15.8 Å². The van der Waals surface area contributed by atoms with E-state index in [0.717, 1.165) is 18.2 Å². The first-order valence-corrected chi connectivity index (χ1v) is 6.74. The van der Waals surface area contributed by atoms with E-state index in [9.17, 15) is 17.6 Å². The number of nitrogens with one attached hydrogen (secondary N) is 2. The van der Waals surface area contributed by atoms with Crippen molar-refractivity contribution in [3.05, 3.63) is 58.9 Å². The molecule has 0 fully saturated rings. The van der Waals surface area contributed by atoms with Gasteiger partial charge in [-0.1, -0.05) is 11.6 Å². The molecule has 0 saturated heterocycles. The normalized spacial score (nSPS) is 11.1. The zero-order valence-electron chi connectivity index (χ0n) is 10.8. The largest absolute Gasteiger partial charge is 0.416 e. The molecule has 22 heavy (non-hydrogen) atoms. The maximum absolute atomic E-state index is 13.6. The van der Waals surface area contributed by atoms with Gasteiger partial charge in [0.05, 0.1) is 11.3 Å². The minimum Gasteiger partial charge on any atom is -0.332 e. The topological polar surface area (TPSA) is 24.1 Å². The molecule has 116 valence electrons. The van der Waals surface area contributed by atoms with Crippen molar-refractivity contribution in [2.75, 3.05) is 10.6 Å². The minimum absolute atomic E-state index is 0.0426. The van der Waals surface area contributed by atoms with Crippen LogP contribution in [0.25, 0.3) is 0 Å². The number of anilines is 2. The van der Waals surface area contributed by atoms with Crippen LogP contribution in [0.15, 0.2) is 42.5 Å². The summed E-state index contributed by atoms with van der Waals surface area (Å²) in [6.45, 7) is 0. The quantitative estimate of drug-likeness (QED) is 0.568. The number of halogens is 5. The predicted molar refractivity (Wildman–Crippen MR) is 82.7 cm³/mol. The summed E-state index contributed by atoms with van der Waals surface area (Å²) in [5, 5.41) is 5.54. The molecule has 0 heterocycles. The third kappa shape index (κ3) is 4.32. The van der Waals surface area contributed by atoms with Crippen LogP contribution in [0.3, 0.4) is 0 Å². The Morgan fingerprint density at radius 2 is 1.64 bits per heavy atom. The Kier molecular flexibility index (Phi) is 4.87. The number of hydrogen-bond acceptors (Lipinski definition) is 1. The minimum atomic E-state index is -4.40. The Balaban J connectivity index is 2.03. The first-order valence-electron chi connectivity index (χ1n) is 5.96. The summed E-state index contributed by atoms with van der Waals surface area (Å²) in [5.74, 6) is -0.593. The molecule has 0 saturated carbocycles. The highest BCUT2D eigenvalue weighted by Crippen LogP contribution is 2.29. The SMILES string of the molecule is Fc1cc(Cl)ccc1NC(=S)Nc1ccc(C(F)(F)F)cc1. The van der Waals surface area contributed by atoms with E-state index in [1.807, 2.05) is 0 Å². The number of alkyl halides is 3. The lowest BCUT2D eigenvalue weighted by molar-refractivity contribution is -0.137. The van der Waals surface area contributed by atoms with Crippen LogP contribution in [0, 0.1) is 5.82 Å². The molecule has 0 aliphatic heterocycles. The highest BCUT2D eigenvalue weighted by molar-refractivity contribution is 7.80. The van der Waals surface area contributed by atoms with E-state index in [0.29, 0.717) is 5.69 Å². The lowest BCUT2D eigenvalue weighted by atomic mass is 10.2. The maximum atomic E-state index is 13.6. The predicted octanol–water partition coefficient (Wildman–Crippen LogP) is 5.31. The summed E-state index contributed by atoms with van der Waals surface area (Å²) in [4.78, 5) is 0. The Hall–Kier alpha value is -1.86. The van der Waals surface area contributed by atoms with E-state index in [2.05, 4.69) is 10.6 Å². The average Bonchev–Trinajstić information content (AvgIpc) is 2.41. The summed E-state index contributed by atoms with van der Waals surface area (Å²) >= 11 is 10.6. The van der Waals surface area contributed by atoms with Crippen molar-refractivity contribution < 1.29 is 17.6 Å². The van der Waals surface area contributed by atoms with Crippen LogP contribution in [-0.2, 0) is 6.18 Å². The lowest BCUT2D eigenvalue weighted by Crippen LogP contribution is -2.19. The number of rotatable bonds is 2. The number of thiocarbonyl (C=S) groups is 1. The highest BCUT2D eigenvalue weighted by Gasteiger charge is 2.29. The van der Waals surface area contributed by atoms with Crippen LogP contribution in [0.4, 0.5) is 28.9 Å². The molecule has 0 aliphatic carbocycles. The Morgan fingerprint density at radius 1 is 1.00 bits per heavy atom. The second-order valence-corrected chi connectivity index (χ2v) is 5.12.